The molecule has 6 unspecified atom stereocenters. The number of ether oxygens (including phenoxy) is 1. The summed E-state index contributed by atoms with van der Waals surface area (Å²) in [6.07, 6.45) is 33.0. The van der Waals surface area contributed by atoms with Crippen molar-refractivity contribution in [3.63, 3.8) is 0 Å². The Morgan fingerprint density at radius 1 is 0.846 bits per heavy atom. The summed E-state index contributed by atoms with van der Waals surface area (Å²) in [5, 5.41) is 7.69. The fourth-order valence-corrected chi connectivity index (χ4v) is 9.53. The van der Waals surface area contributed by atoms with Crippen molar-refractivity contribution in [1.29, 1.82) is 0 Å². The van der Waals surface area contributed by atoms with Crippen molar-refractivity contribution >= 4 is 23.3 Å². The number of fused-ring (bicyclic) bond motifs is 7. The highest BCUT2D eigenvalue weighted by molar-refractivity contribution is 6.14. The Morgan fingerprint density at radius 3 is 2.62 bits per heavy atom. The zero-order valence-electron chi connectivity index (χ0n) is 28.9. The minimum Gasteiger partial charge on any atom is -0.460 e. The average molecular weight is 681 g/mol. The van der Waals surface area contributed by atoms with Crippen LogP contribution in [0, 0.1) is 17.8 Å². The molecular formula is C45H40N6O. The first-order chi connectivity index (χ1) is 25.8. The molecule has 0 saturated heterocycles. The fraction of sp³-hybridized carbons (Fsp3) is 0.244. The predicted molar refractivity (Wildman–Crippen MR) is 207 cm³/mol. The molecule has 7 nitrogen and oxygen atoms in total. The molecule has 9 aliphatic rings. The lowest BCUT2D eigenvalue weighted by Crippen LogP contribution is -2.55. The topological polar surface area (TPSA) is 64.5 Å². The maximum atomic E-state index is 6.91. The van der Waals surface area contributed by atoms with Crippen molar-refractivity contribution < 1.29 is 4.74 Å². The van der Waals surface area contributed by atoms with Crippen LogP contribution < -0.4 is 10.6 Å². The molecule has 0 spiro atoms. The Morgan fingerprint density at radius 2 is 1.71 bits per heavy atom. The number of hydrogen-bond acceptors (Lipinski definition) is 7. The molecule has 2 aromatic rings. The van der Waals surface area contributed by atoms with E-state index in [0.717, 1.165) is 48.6 Å². The van der Waals surface area contributed by atoms with Gasteiger partial charge in [0.1, 0.15) is 23.5 Å². The molecule has 0 saturated carbocycles. The molecule has 6 atom stereocenters. The van der Waals surface area contributed by atoms with E-state index in [1.54, 1.807) is 0 Å². The SMILES string of the molecule is C1=CCC(C2=NC(N3C4=CC=C(N5C6=C(OC7=C(C=NC7)c7ccccc76)C6C=CC=CC65)CC4C4=C3C=CCC4)NC(c3ccccc3)N2)C=C1. The Labute approximate surface area is 304 Å². The van der Waals surface area contributed by atoms with Crippen LogP contribution in [0.15, 0.2) is 172 Å². The second-order valence-electron chi connectivity index (χ2n) is 14.7. The van der Waals surface area contributed by atoms with E-state index < -0.39 is 0 Å². The summed E-state index contributed by atoms with van der Waals surface area (Å²) in [7, 11) is 0. The van der Waals surface area contributed by atoms with E-state index >= 15 is 0 Å². The standard InChI is InChI=1S/C45H40N6O/c1-3-13-28(14-4-1)43-47-44(29-15-5-2-6-16-29)49-45(48-43)51-37-21-11-9-18-32(37)35-25-30(23-24-39(35)51)50-38-22-12-10-20-34(38)42-41(50)33-19-8-7-17-31(33)36-26-46-27-40(36)52-42/h1-8,10-15,17,19-24,26,29,34-35,38,43,45,48H,9,16,18,25,27H2,(H,47,49). The summed E-state index contributed by atoms with van der Waals surface area (Å²) in [4.78, 5) is 15.2. The Kier molecular flexibility index (Phi) is 6.90. The number of amidine groups is 1. The van der Waals surface area contributed by atoms with Crippen molar-refractivity contribution in [2.75, 3.05) is 6.54 Å². The summed E-state index contributed by atoms with van der Waals surface area (Å²) in [6.45, 7) is 0.586. The van der Waals surface area contributed by atoms with E-state index in [-0.39, 0.29) is 36.3 Å². The smallest absolute Gasteiger partial charge is 0.184 e. The fourth-order valence-electron chi connectivity index (χ4n) is 9.53. The lowest BCUT2D eigenvalue weighted by Gasteiger charge is -2.41. The molecule has 0 fully saturated rings. The van der Waals surface area contributed by atoms with Crippen LogP contribution in [0.3, 0.4) is 0 Å². The minimum absolute atomic E-state index is 0.0578. The summed E-state index contributed by atoms with van der Waals surface area (Å²) in [5.74, 6) is 3.65. The number of allylic oxidation sites excluding steroid dienone is 12. The third-order valence-corrected chi connectivity index (χ3v) is 11.9. The van der Waals surface area contributed by atoms with Gasteiger partial charge in [0, 0.05) is 46.3 Å². The normalized spacial score (nSPS) is 30.5. The van der Waals surface area contributed by atoms with Crippen LogP contribution >= 0.6 is 0 Å². The quantitative estimate of drug-likeness (QED) is 0.343. The average Bonchev–Trinajstić information content (AvgIpc) is 3.88. The van der Waals surface area contributed by atoms with Gasteiger partial charge in [0.2, 0.25) is 0 Å². The van der Waals surface area contributed by atoms with Crippen molar-refractivity contribution in [3.05, 3.63) is 178 Å². The molecule has 0 aromatic heterocycles. The molecule has 5 aliphatic heterocycles. The highest BCUT2D eigenvalue weighted by atomic mass is 16.5. The van der Waals surface area contributed by atoms with Crippen LogP contribution in [0.25, 0.3) is 11.3 Å². The van der Waals surface area contributed by atoms with Gasteiger partial charge in [-0.2, -0.15) is 0 Å². The first-order valence-corrected chi connectivity index (χ1v) is 18.8. The second kappa shape index (κ2) is 12.0. The maximum Gasteiger partial charge on any atom is 0.184 e. The summed E-state index contributed by atoms with van der Waals surface area (Å²) in [6, 6.07) is 19.6. The molecule has 52 heavy (non-hydrogen) atoms. The zero-order chi connectivity index (χ0) is 34.2. The molecular weight excluding hydrogens is 641 g/mol. The van der Waals surface area contributed by atoms with Gasteiger partial charge in [0.05, 0.1) is 24.2 Å². The molecule has 2 aromatic carbocycles. The van der Waals surface area contributed by atoms with Crippen LogP contribution in [0.4, 0.5) is 0 Å². The predicted octanol–water partition coefficient (Wildman–Crippen LogP) is 8.02. The molecule has 2 N–H and O–H groups in total. The van der Waals surface area contributed by atoms with Gasteiger partial charge in [-0.3, -0.25) is 10.3 Å². The van der Waals surface area contributed by atoms with Gasteiger partial charge in [0.15, 0.2) is 6.29 Å². The van der Waals surface area contributed by atoms with E-state index in [1.165, 1.54) is 45.1 Å². The molecule has 5 heterocycles. The van der Waals surface area contributed by atoms with E-state index in [4.69, 9.17) is 9.73 Å². The number of nitrogens with one attached hydrogen (secondary N) is 2. The number of benzene rings is 2. The monoisotopic (exact) mass is 680 g/mol. The summed E-state index contributed by atoms with van der Waals surface area (Å²) >= 11 is 0. The molecule has 0 radical (unpaired) electrons. The number of nitrogens with zero attached hydrogens (tertiary/aromatic N) is 4. The lowest BCUT2D eigenvalue weighted by atomic mass is 9.85. The van der Waals surface area contributed by atoms with Gasteiger partial charge < -0.3 is 19.9 Å². The van der Waals surface area contributed by atoms with Crippen LogP contribution in [-0.4, -0.2) is 40.7 Å². The van der Waals surface area contributed by atoms with Crippen LogP contribution in [0.2, 0.25) is 0 Å². The van der Waals surface area contributed by atoms with Gasteiger partial charge >= 0.3 is 0 Å². The molecule has 4 aliphatic carbocycles. The third kappa shape index (κ3) is 4.61. The van der Waals surface area contributed by atoms with Crippen LogP contribution in [-0.2, 0) is 4.74 Å². The Hall–Kier alpha value is -5.66. The first-order valence-electron chi connectivity index (χ1n) is 18.8. The maximum absolute atomic E-state index is 6.91. The first kappa shape index (κ1) is 30.0. The van der Waals surface area contributed by atoms with Gasteiger partial charge in [-0.05, 0) is 60.6 Å². The summed E-state index contributed by atoms with van der Waals surface area (Å²) < 4.78 is 6.91. The second-order valence-corrected chi connectivity index (χ2v) is 14.7. The van der Waals surface area contributed by atoms with E-state index in [9.17, 15) is 0 Å². The van der Waals surface area contributed by atoms with Crippen LogP contribution in [0.5, 0.6) is 0 Å². The van der Waals surface area contributed by atoms with E-state index in [2.05, 4.69) is 153 Å². The van der Waals surface area contributed by atoms with E-state index in [0.29, 0.717) is 6.54 Å². The van der Waals surface area contributed by atoms with Gasteiger partial charge in [-0.15, -0.1) is 0 Å². The van der Waals surface area contributed by atoms with Crippen LogP contribution in [0.1, 0.15) is 48.5 Å². The van der Waals surface area contributed by atoms with Crippen molar-refractivity contribution in [2.45, 2.75) is 44.2 Å². The number of aliphatic imine (C=N–C) groups is 2. The molecule has 7 heteroatoms. The molecule has 0 bridgehead atoms. The molecule has 0 amide bonds. The molecule has 256 valence electrons. The highest BCUT2D eigenvalue weighted by Crippen LogP contribution is 2.54. The highest BCUT2D eigenvalue weighted by Gasteiger charge is 2.48. The summed E-state index contributed by atoms with van der Waals surface area (Å²) in [5.41, 5.74) is 11.4. The minimum atomic E-state index is -0.242. The number of rotatable bonds is 4. The van der Waals surface area contributed by atoms with Gasteiger partial charge in [0.25, 0.3) is 0 Å². The van der Waals surface area contributed by atoms with E-state index in [1.807, 2.05) is 6.21 Å². The van der Waals surface area contributed by atoms with Crippen molar-refractivity contribution in [2.24, 2.45) is 27.7 Å². The Bertz CT molecular complexity index is 2260. The number of hydrogen-bond donors (Lipinski definition) is 2. The molecule has 11 rings (SSSR count). The van der Waals surface area contributed by atoms with Crippen molar-refractivity contribution in [3.8, 4) is 0 Å². The van der Waals surface area contributed by atoms with Crippen molar-refractivity contribution in [1.82, 2.24) is 20.4 Å². The largest absolute Gasteiger partial charge is 0.460 e. The Balaban J connectivity index is 1.01. The zero-order valence-corrected chi connectivity index (χ0v) is 28.9. The lowest BCUT2D eigenvalue weighted by molar-refractivity contribution is 0.228. The van der Waals surface area contributed by atoms with Gasteiger partial charge in [-0.1, -0.05) is 109 Å². The third-order valence-electron chi connectivity index (χ3n) is 11.9. The van der Waals surface area contributed by atoms with Gasteiger partial charge in [-0.25, -0.2) is 4.99 Å².